The molecular formula is C15H19FN4O2S. The fraction of sp³-hybridized carbons (Fsp3) is 0.400. The Labute approximate surface area is 138 Å². The monoisotopic (exact) mass is 338 g/mol. The van der Waals surface area contributed by atoms with Crippen LogP contribution in [0.25, 0.3) is 0 Å². The van der Waals surface area contributed by atoms with E-state index in [2.05, 4.69) is 15.5 Å². The van der Waals surface area contributed by atoms with Gasteiger partial charge < -0.3 is 14.6 Å². The summed E-state index contributed by atoms with van der Waals surface area (Å²) in [6, 6.07) is 5.65. The summed E-state index contributed by atoms with van der Waals surface area (Å²) in [5, 5.41) is 9.58. The summed E-state index contributed by atoms with van der Waals surface area (Å²) in [6.45, 7) is 5.83. The van der Waals surface area contributed by atoms with Crippen molar-refractivity contribution in [2.75, 3.05) is 0 Å². The van der Waals surface area contributed by atoms with Crippen molar-refractivity contribution in [3.63, 3.8) is 0 Å². The van der Waals surface area contributed by atoms with Crippen LogP contribution in [0.3, 0.4) is 0 Å². The van der Waals surface area contributed by atoms with Crippen molar-refractivity contribution >= 4 is 18.1 Å². The standard InChI is InChI=1S/C15H19FN4O2S/c1-9(2)20-13(18-19-15(20)23)8-17-14(21)10(3)22-12-6-4-11(16)5-7-12/h4-7,9-10H,8H2,1-3H3,(H,17,21)(H,19,23)/t10-/m0/s1. The molecule has 0 spiro atoms. The molecule has 23 heavy (non-hydrogen) atoms. The quantitative estimate of drug-likeness (QED) is 0.795. The maximum atomic E-state index is 12.8. The number of carbonyl (C=O) groups excluding carboxylic acids is 1. The number of nitrogens with zero attached hydrogens (tertiary/aromatic N) is 2. The van der Waals surface area contributed by atoms with Gasteiger partial charge in [-0.1, -0.05) is 0 Å². The van der Waals surface area contributed by atoms with Crippen LogP contribution < -0.4 is 10.1 Å². The molecule has 8 heteroatoms. The number of hydrogen-bond donors (Lipinski definition) is 2. The SMILES string of the molecule is CC(C)n1c(CNC(=O)[C@H](C)Oc2ccc(F)cc2)n[nH]c1=S. The highest BCUT2D eigenvalue weighted by Gasteiger charge is 2.16. The smallest absolute Gasteiger partial charge is 0.261 e. The van der Waals surface area contributed by atoms with Crippen LogP contribution in [0.2, 0.25) is 0 Å². The molecule has 0 aliphatic rings. The summed E-state index contributed by atoms with van der Waals surface area (Å²) < 4.78 is 20.7. The molecule has 1 atom stereocenters. The van der Waals surface area contributed by atoms with E-state index in [0.29, 0.717) is 16.3 Å². The van der Waals surface area contributed by atoms with Gasteiger partial charge in [0.05, 0.1) is 6.54 Å². The van der Waals surface area contributed by atoms with E-state index in [4.69, 9.17) is 17.0 Å². The Morgan fingerprint density at radius 3 is 2.65 bits per heavy atom. The van der Waals surface area contributed by atoms with E-state index < -0.39 is 6.10 Å². The summed E-state index contributed by atoms with van der Waals surface area (Å²) in [4.78, 5) is 12.1. The van der Waals surface area contributed by atoms with Gasteiger partial charge in [-0.15, -0.1) is 0 Å². The van der Waals surface area contributed by atoms with Gasteiger partial charge in [0.1, 0.15) is 11.6 Å². The Bertz CT molecular complexity index is 724. The van der Waals surface area contributed by atoms with Crippen LogP contribution in [-0.2, 0) is 11.3 Å². The fourth-order valence-corrected chi connectivity index (χ4v) is 2.44. The lowest BCUT2D eigenvalue weighted by atomic mass is 10.3. The lowest BCUT2D eigenvalue weighted by Gasteiger charge is -2.15. The van der Waals surface area contributed by atoms with E-state index in [1.165, 1.54) is 24.3 Å². The van der Waals surface area contributed by atoms with Gasteiger partial charge >= 0.3 is 0 Å². The van der Waals surface area contributed by atoms with Crippen LogP contribution in [0.4, 0.5) is 4.39 Å². The molecule has 2 rings (SSSR count). The normalized spacial score (nSPS) is 12.2. The highest BCUT2D eigenvalue weighted by atomic mass is 32.1. The average molecular weight is 338 g/mol. The summed E-state index contributed by atoms with van der Waals surface area (Å²) in [6.07, 6.45) is -0.713. The van der Waals surface area contributed by atoms with E-state index in [-0.39, 0.29) is 24.3 Å². The third kappa shape index (κ3) is 4.38. The maximum Gasteiger partial charge on any atom is 0.261 e. The molecule has 6 nitrogen and oxygen atoms in total. The number of halogens is 1. The zero-order valence-electron chi connectivity index (χ0n) is 13.2. The summed E-state index contributed by atoms with van der Waals surface area (Å²) >= 11 is 5.15. The van der Waals surface area contributed by atoms with Gasteiger partial charge in [-0.2, -0.15) is 5.10 Å². The summed E-state index contributed by atoms with van der Waals surface area (Å²) in [5.41, 5.74) is 0. The van der Waals surface area contributed by atoms with Crippen molar-refractivity contribution in [1.82, 2.24) is 20.1 Å². The number of rotatable bonds is 6. The molecule has 1 aromatic carbocycles. The second kappa shape index (κ2) is 7.36. The number of carbonyl (C=O) groups is 1. The molecule has 1 amide bonds. The molecule has 2 aromatic rings. The lowest BCUT2D eigenvalue weighted by Crippen LogP contribution is -2.36. The molecule has 1 aromatic heterocycles. The van der Waals surface area contributed by atoms with Crippen LogP contribution >= 0.6 is 12.2 Å². The number of amides is 1. The van der Waals surface area contributed by atoms with E-state index in [0.717, 1.165) is 0 Å². The molecular weight excluding hydrogens is 319 g/mol. The molecule has 124 valence electrons. The van der Waals surface area contributed by atoms with Crippen LogP contribution in [-0.4, -0.2) is 26.8 Å². The van der Waals surface area contributed by atoms with Crippen LogP contribution in [0.15, 0.2) is 24.3 Å². The maximum absolute atomic E-state index is 12.8. The minimum atomic E-state index is -0.713. The van der Waals surface area contributed by atoms with Crippen LogP contribution in [0, 0.1) is 10.6 Å². The number of hydrogen-bond acceptors (Lipinski definition) is 4. The lowest BCUT2D eigenvalue weighted by molar-refractivity contribution is -0.127. The van der Waals surface area contributed by atoms with Gasteiger partial charge in [-0.05, 0) is 57.3 Å². The third-order valence-corrected chi connectivity index (χ3v) is 3.50. The fourth-order valence-electron chi connectivity index (χ4n) is 2.08. The molecule has 1 heterocycles. The molecule has 0 bridgehead atoms. The first-order valence-corrected chi connectivity index (χ1v) is 7.65. The molecule has 2 N–H and O–H groups in total. The van der Waals surface area contributed by atoms with Crippen molar-refractivity contribution in [2.24, 2.45) is 0 Å². The number of aromatic amines is 1. The number of aromatic nitrogens is 3. The minimum absolute atomic E-state index is 0.140. The van der Waals surface area contributed by atoms with E-state index in [9.17, 15) is 9.18 Å². The number of nitrogens with one attached hydrogen (secondary N) is 2. The predicted octanol–water partition coefficient (Wildman–Crippen LogP) is 2.74. The van der Waals surface area contributed by atoms with E-state index in [1.54, 1.807) is 6.92 Å². The Balaban J connectivity index is 1.94. The first-order chi connectivity index (χ1) is 10.9. The van der Waals surface area contributed by atoms with E-state index in [1.807, 2.05) is 18.4 Å². The molecule has 0 fully saturated rings. The summed E-state index contributed by atoms with van der Waals surface area (Å²) in [5.74, 6) is 0.427. The number of benzene rings is 1. The second-order valence-electron chi connectivity index (χ2n) is 5.34. The zero-order valence-corrected chi connectivity index (χ0v) is 14.0. The topological polar surface area (TPSA) is 71.9 Å². The number of H-pyrrole nitrogens is 1. The van der Waals surface area contributed by atoms with Gasteiger partial charge in [-0.3, -0.25) is 9.89 Å². The highest BCUT2D eigenvalue weighted by Crippen LogP contribution is 2.13. The largest absolute Gasteiger partial charge is 0.481 e. The zero-order chi connectivity index (χ0) is 17.0. The minimum Gasteiger partial charge on any atom is -0.481 e. The predicted molar refractivity (Wildman–Crippen MR) is 86.1 cm³/mol. The van der Waals surface area contributed by atoms with Gasteiger partial charge in [0, 0.05) is 6.04 Å². The molecule has 0 saturated heterocycles. The molecule has 0 aliphatic carbocycles. The Morgan fingerprint density at radius 1 is 1.39 bits per heavy atom. The highest BCUT2D eigenvalue weighted by molar-refractivity contribution is 7.71. The molecule has 0 unspecified atom stereocenters. The van der Waals surface area contributed by atoms with Gasteiger partial charge in [-0.25, -0.2) is 4.39 Å². The van der Waals surface area contributed by atoms with Crippen molar-refractivity contribution in [3.8, 4) is 5.75 Å². The average Bonchev–Trinajstić information content (AvgIpc) is 2.88. The molecule has 0 radical (unpaired) electrons. The van der Waals surface area contributed by atoms with Crippen molar-refractivity contribution in [2.45, 2.75) is 39.5 Å². The Morgan fingerprint density at radius 2 is 2.04 bits per heavy atom. The van der Waals surface area contributed by atoms with Gasteiger partial charge in [0.25, 0.3) is 5.91 Å². The molecule has 0 saturated carbocycles. The van der Waals surface area contributed by atoms with E-state index >= 15 is 0 Å². The van der Waals surface area contributed by atoms with Crippen molar-refractivity contribution < 1.29 is 13.9 Å². The number of ether oxygens (including phenoxy) is 1. The van der Waals surface area contributed by atoms with Gasteiger partial charge in [0.15, 0.2) is 16.7 Å². The van der Waals surface area contributed by atoms with Crippen molar-refractivity contribution in [1.29, 1.82) is 0 Å². The van der Waals surface area contributed by atoms with Crippen LogP contribution in [0.1, 0.15) is 32.6 Å². The Hall–Kier alpha value is -2.22. The Kier molecular flexibility index (Phi) is 5.49. The first-order valence-electron chi connectivity index (χ1n) is 7.24. The van der Waals surface area contributed by atoms with Crippen LogP contribution in [0.5, 0.6) is 5.75 Å². The summed E-state index contributed by atoms with van der Waals surface area (Å²) in [7, 11) is 0. The second-order valence-corrected chi connectivity index (χ2v) is 5.73. The first kappa shape index (κ1) is 17.1. The third-order valence-electron chi connectivity index (χ3n) is 3.21. The van der Waals surface area contributed by atoms with Gasteiger partial charge in [0.2, 0.25) is 0 Å². The van der Waals surface area contributed by atoms with Crippen molar-refractivity contribution in [3.05, 3.63) is 40.7 Å². The molecule has 0 aliphatic heterocycles.